The molecule has 0 spiro atoms. The summed E-state index contributed by atoms with van der Waals surface area (Å²) in [6.07, 6.45) is 0. The summed E-state index contributed by atoms with van der Waals surface area (Å²) in [4.78, 5) is 0. The van der Waals surface area contributed by atoms with Crippen molar-refractivity contribution >= 4 is 84.2 Å². The Balaban J connectivity index is -0.0000000257. The second-order valence-electron chi connectivity index (χ2n) is 1.10. The van der Waals surface area contributed by atoms with Gasteiger partial charge in [-0.2, -0.15) is 0 Å². The SMILES string of the molecule is [O-]B([O-])F.[O-]B([O-])F.[O-]B([O-])F.[O-]B([O-])F.[Pb].[Pb]. The Morgan fingerprint density at radius 2 is 0.389 bits per heavy atom. The Morgan fingerprint density at radius 3 is 0.389 bits per heavy atom. The average molecular weight is 662 g/mol. The zero-order valence-corrected chi connectivity index (χ0v) is 15.9. The quantitative estimate of drug-likeness (QED) is 0.181. The maximum Gasteiger partial charge on any atom is 0.121 e. The number of hydrogen-bond acceptors (Lipinski definition) is 8. The van der Waals surface area contributed by atoms with Crippen LogP contribution in [0, 0.1) is 0 Å². The molecule has 18 heteroatoms. The van der Waals surface area contributed by atoms with Crippen molar-refractivity contribution in [3.8, 4) is 0 Å². The second-order valence-corrected chi connectivity index (χ2v) is 1.10. The smallest absolute Gasteiger partial charge is 0.121 e. The molecule has 0 aromatic rings. The van der Waals surface area contributed by atoms with Gasteiger partial charge in [0.2, 0.25) is 0 Å². The van der Waals surface area contributed by atoms with E-state index in [-0.39, 0.29) is 54.6 Å². The van der Waals surface area contributed by atoms with Crippen LogP contribution in [0.25, 0.3) is 0 Å². The summed E-state index contributed by atoms with van der Waals surface area (Å²) >= 11 is 0. The molecule has 18 heavy (non-hydrogen) atoms. The molecule has 0 bridgehead atoms. The molecule has 0 rings (SSSR count). The van der Waals surface area contributed by atoms with Gasteiger partial charge in [-0.05, 0) is 0 Å². The first kappa shape index (κ1) is 36.6. The molecular formula is B4F4O8Pb2-8. The Hall–Kier alpha value is 1.50. The predicted octanol–water partition coefficient (Wildman–Crippen LogP) is -10.1. The van der Waals surface area contributed by atoms with Gasteiger partial charge in [-0.1, -0.05) is 0 Å². The number of halogens is 4. The first-order valence-corrected chi connectivity index (χ1v) is 2.76. The fraction of sp³-hybridized carbons (Fsp3) is 0. The molecule has 0 aliphatic heterocycles. The fourth-order valence-electron chi connectivity index (χ4n) is 0. The van der Waals surface area contributed by atoms with Gasteiger partial charge in [0, 0.05) is 54.6 Å². The molecule has 0 fully saturated rings. The van der Waals surface area contributed by atoms with Gasteiger partial charge in [0.1, 0.15) is 29.6 Å². The summed E-state index contributed by atoms with van der Waals surface area (Å²) in [6.45, 7) is 0. The first-order valence-electron chi connectivity index (χ1n) is 2.76. The van der Waals surface area contributed by atoms with Crippen molar-refractivity contribution in [2.24, 2.45) is 0 Å². The van der Waals surface area contributed by atoms with Crippen molar-refractivity contribution < 1.29 is 57.5 Å². The van der Waals surface area contributed by atoms with E-state index < -0.39 is 29.6 Å². The van der Waals surface area contributed by atoms with Crippen molar-refractivity contribution in [1.82, 2.24) is 0 Å². The average Bonchev–Trinajstić information content (AvgIpc) is 1.76. The van der Waals surface area contributed by atoms with Gasteiger partial charge in [0.25, 0.3) is 0 Å². The van der Waals surface area contributed by atoms with Crippen molar-refractivity contribution in [3.05, 3.63) is 0 Å². The number of hydrogen-bond donors (Lipinski definition) is 0. The van der Waals surface area contributed by atoms with Crippen molar-refractivity contribution in [3.63, 3.8) is 0 Å². The molecule has 0 aliphatic rings. The van der Waals surface area contributed by atoms with Crippen LogP contribution in [0.1, 0.15) is 0 Å². The van der Waals surface area contributed by atoms with Crippen LogP contribution < -0.4 is 40.2 Å². The van der Waals surface area contributed by atoms with Gasteiger partial charge >= 0.3 is 0 Å². The summed E-state index contributed by atoms with van der Waals surface area (Å²) in [6, 6.07) is 0. The molecule has 0 atom stereocenters. The topological polar surface area (TPSA) is 184 Å². The maximum absolute atomic E-state index is 9.89. The molecule has 0 saturated heterocycles. The Bertz CT molecular complexity index is 76.1. The van der Waals surface area contributed by atoms with E-state index in [4.69, 9.17) is 40.2 Å². The zero-order valence-electron chi connectivity index (χ0n) is 8.09. The van der Waals surface area contributed by atoms with E-state index in [0.717, 1.165) is 0 Å². The summed E-state index contributed by atoms with van der Waals surface area (Å²) in [5.74, 6) is 0. The van der Waals surface area contributed by atoms with Crippen molar-refractivity contribution in [2.75, 3.05) is 0 Å². The molecule has 8 nitrogen and oxygen atoms in total. The minimum atomic E-state index is -3.17. The van der Waals surface area contributed by atoms with E-state index in [1.807, 2.05) is 0 Å². The Kier molecular flexibility index (Phi) is 63.3. The van der Waals surface area contributed by atoms with Crippen LogP contribution in [0.15, 0.2) is 0 Å². The third-order valence-corrected chi connectivity index (χ3v) is 0. The van der Waals surface area contributed by atoms with Gasteiger partial charge < -0.3 is 57.5 Å². The molecule has 8 radical (unpaired) electrons. The van der Waals surface area contributed by atoms with Gasteiger partial charge in [0.15, 0.2) is 0 Å². The van der Waals surface area contributed by atoms with Crippen LogP contribution in [0.5, 0.6) is 0 Å². The summed E-state index contributed by atoms with van der Waals surface area (Å²) < 4.78 is 39.6. The van der Waals surface area contributed by atoms with E-state index in [2.05, 4.69) is 0 Å². The van der Waals surface area contributed by atoms with Crippen LogP contribution in [0.2, 0.25) is 0 Å². The monoisotopic (exact) mass is 664 g/mol. The standard InChI is InChI=1S/4BFO2.2Pb/c4*2-1(3)4;;/q4*-2;;. The van der Waals surface area contributed by atoms with E-state index in [1.54, 1.807) is 0 Å². The van der Waals surface area contributed by atoms with Crippen molar-refractivity contribution in [1.29, 1.82) is 0 Å². The molecule has 0 aromatic heterocycles. The molecule has 0 saturated carbocycles. The molecule has 0 unspecified atom stereocenters. The van der Waals surface area contributed by atoms with Crippen molar-refractivity contribution in [2.45, 2.75) is 0 Å². The summed E-state index contributed by atoms with van der Waals surface area (Å²) in [5, 5.41) is 66.4. The Labute approximate surface area is 141 Å². The van der Waals surface area contributed by atoms with Crippen LogP contribution >= 0.6 is 0 Å². The summed E-state index contributed by atoms with van der Waals surface area (Å²) in [7, 11) is -12.7. The second kappa shape index (κ2) is 31.1. The van der Waals surface area contributed by atoms with E-state index in [9.17, 15) is 17.3 Å². The van der Waals surface area contributed by atoms with Crippen LogP contribution in [-0.4, -0.2) is 84.2 Å². The third-order valence-electron chi connectivity index (χ3n) is 0. The predicted molar refractivity (Wildman–Crippen MR) is 39.0 cm³/mol. The Morgan fingerprint density at radius 1 is 0.389 bits per heavy atom. The first-order chi connectivity index (χ1) is 6.93. The molecule has 0 aromatic carbocycles. The van der Waals surface area contributed by atoms with Crippen LogP contribution in [0.4, 0.5) is 17.3 Å². The van der Waals surface area contributed by atoms with Gasteiger partial charge in [0.05, 0.1) is 0 Å². The summed E-state index contributed by atoms with van der Waals surface area (Å²) in [5.41, 5.74) is 0. The van der Waals surface area contributed by atoms with Crippen LogP contribution in [0.3, 0.4) is 0 Å². The molecule has 0 heterocycles. The molecule has 0 amide bonds. The van der Waals surface area contributed by atoms with Gasteiger partial charge in [-0.25, -0.2) is 0 Å². The molecule has 104 valence electrons. The zero-order chi connectivity index (χ0) is 14.3. The van der Waals surface area contributed by atoms with Gasteiger partial charge in [-0.15, -0.1) is 0 Å². The van der Waals surface area contributed by atoms with E-state index >= 15 is 0 Å². The molecule has 0 aliphatic carbocycles. The third kappa shape index (κ3) is 2110. The van der Waals surface area contributed by atoms with Crippen LogP contribution in [-0.2, 0) is 0 Å². The minimum Gasteiger partial charge on any atom is -0.867 e. The minimum absolute atomic E-state index is 0. The van der Waals surface area contributed by atoms with E-state index in [0.29, 0.717) is 0 Å². The fourth-order valence-corrected chi connectivity index (χ4v) is 0. The number of rotatable bonds is 0. The maximum atomic E-state index is 9.89. The van der Waals surface area contributed by atoms with E-state index in [1.165, 1.54) is 0 Å². The largest absolute Gasteiger partial charge is 0.867 e. The molecular weight excluding hydrogens is 662 g/mol. The van der Waals surface area contributed by atoms with Gasteiger partial charge in [-0.3, -0.25) is 0 Å². The molecule has 0 N–H and O–H groups in total. The normalized spacial score (nSPS) is 6.00.